The van der Waals surface area contributed by atoms with Gasteiger partial charge in [-0.05, 0) is 56.2 Å². The minimum absolute atomic E-state index is 0.260. The van der Waals surface area contributed by atoms with Crippen LogP contribution in [0.4, 0.5) is 10.1 Å². The summed E-state index contributed by atoms with van der Waals surface area (Å²) in [5.41, 5.74) is 2.07. The largest absolute Gasteiger partial charge is 0.393 e. The lowest BCUT2D eigenvalue weighted by Crippen LogP contribution is -2.37. The van der Waals surface area contributed by atoms with Crippen LogP contribution in [0.5, 0.6) is 0 Å². The van der Waals surface area contributed by atoms with Gasteiger partial charge in [0.1, 0.15) is 5.82 Å². The number of carbonyl (C=O) groups is 1. The van der Waals surface area contributed by atoms with Crippen molar-refractivity contribution < 1.29 is 14.3 Å². The number of aliphatic hydroxyl groups is 1. The van der Waals surface area contributed by atoms with Crippen molar-refractivity contribution in [2.24, 2.45) is 0 Å². The topological polar surface area (TPSA) is 52.6 Å². The number of nitrogens with one attached hydrogen (secondary N) is 1. The van der Waals surface area contributed by atoms with Crippen LogP contribution in [0.25, 0.3) is 0 Å². The Morgan fingerprint density at radius 1 is 1.27 bits per heavy atom. The highest BCUT2D eigenvalue weighted by atomic mass is 35.5. The maximum Gasteiger partial charge on any atom is 0.251 e. The maximum atomic E-state index is 13.9. The molecule has 0 saturated carbocycles. The Hall–Kier alpha value is -2.11. The molecule has 1 aliphatic rings. The molecule has 0 spiro atoms. The Labute approximate surface area is 157 Å². The first kappa shape index (κ1) is 18.7. The van der Waals surface area contributed by atoms with E-state index < -0.39 is 0 Å². The van der Waals surface area contributed by atoms with E-state index in [1.165, 1.54) is 12.1 Å². The molecule has 138 valence electrons. The third-order valence-electron chi connectivity index (χ3n) is 4.70. The molecule has 0 aromatic heterocycles. The molecule has 0 aliphatic carbocycles. The van der Waals surface area contributed by atoms with E-state index in [2.05, 4.69) is 10.2 Å². The number of benzene rings is 2. The van der Waals surface area contributed by atoms with E-state index in [1.54, 1.807) is 30.3 Å². The highest BCUT2D eigenvalue weighted by Gasteiger charge is 2.22. The van der Waals surface area contributed by atoms with Crippen molar-refractivity contribution >= 4 is 23.2 Å². The summed E-state index contributed by atoms with van der Waals surface area (Å²) in [6, 6.07) is 11.0. The Bertz CT molecular complexity index is 791. The second kappa shape index (κ2) is 8.06. The summed E-state index contributed by atoms with van der Waals surface area (Å²) < 4.78 is 13.9. The van der Waals surface area contributed by atoms with Crippen LogP contribution in [0, 0.1) is 5.82 Å². The number of carbonyl (C=O) groups excluding carboxylic acids is 1. The van der Waals surface area contributed by atoms with Crippen molar-refractivity contribution in [3.05, 3.63) is 64.4 Å². The molecule has 2 aromatic carbocycles. The number of amides is 1. The zero-order valence-corrected chi connectivity index (χ0v) is 15.3. The van der Waals surface area contributed by atoms with Gasteiger partial charge in [0.05, 0.1) is 12.1 Å². The van der Waals surface area contributed by atoms with Crippen molar-refractivity contribution in [3.63, 3.8) is 0 Å². The number of halogens is 2. The molecular formula is C20H22ClFN2O2. The molecule has 1 aliphatic heterocycles. The Morgan fingerprint density at radius 2 is 2.00 bits per heavy atom. The summed E-state index contributed by atoms with van der Waals surface area (Å²) in [7, 11) is 0. The summed E-state index contributed by atoms with van der Waals surface area (Å²) >= 11 is 5.95. The van der Waals surface area contributed by atoms with Crippen molar-refractivity contribution in [2.75, 3.05) is 18.0 Å². The first-order chi connectivity index (χ1) is 12.4. The zero-order valence-electron chi connectivity index (χ0n) is 14.6. The zero-order chi connectivity index (χ0) is 18.7. The third-order valence-corrected chi connectivity index (χ3v) is 4.93. The number of hydrogen-bond donors (Lipinski definition) is 2. The minimum atomic E-state index is -0.376. The summed E-state index contributed by atoms with van der Waals surface area (Å²) in [4.78, 5) is 14.6. The molecular weight excluding hydrogens is 355 g/mol. The van der Waals surface area contributed by atoms with Gasteiger partial charge in [0.25, 0.3) is 5.91 Å². The second-order valence-electron chi connectivity index (χ2n) is 6.63. The molecule has 4 nitrogen and oxygen atoms in total. The van der Waals surface area contributed by atoms with E-state index in [1.807, 2.05) is 6.92 Å². The molecule has 2 N–H and O–H groups in total. The van der Waals surface area contributed by atoms with Gasteiger partial charge in [-0.3, -0.25) is 4.79 Å². The summed E-state index contributed by atoms with van der Waals surface area (Å²) in [6.07, 6.45) is 1.08. The fourth-order valence-corrected chi connectivity index (χ4v) is 3.44. The Kier molecular flexibility index (Phi) is 5.79. The molecule has 1 heterocycles. The summed E-state index contributed by atoms with van der Waals surface area (Å²) in [5.74, 6) is -0.603. The molecule has 0 bridgehead atoms. The van der Waals surface area contributed by atoms with Crippen molar-refractivity contribution in [1.29, 1.82) is 0 Å². The molecule has 1 saturated heterocycles. The second-order valence-corrected chi connectivity index (χ2v) is 7.06. The molecule has 1 amide bonds. The fourth-order valence-electron chi connectivity index (χ4n) is 3.25. The number of hydrogen-bond acceptors (Lipinski definition) is 3. The number of piperidine rings is 1. The molecule has 26 heavy (non-hydrogen) atoms. The normalized spacial score (nSPS) is 16.4. The summed E-state index contributed by atoms with van der Waals surface area (Å²) in [6.45, 7) is 3.24. The van der Waals surface area contributed by atoms with Gasteiger partial charge in [-0.1, -0.05) is 17.7 Å². The smallest absolute Gasteiger partial charge is 0.251 e. The Morgan fingerprint density at radius 3 is 2.69 bits per heavy atom. The monoisotopic (exact) mass is 376 g/mol. The minimum Gasteiger partial charge on any atom is -0.393 e. The molecule has 0 radical (unpaired) electrons. The van der Waals surface area contributed by atoms with Crippen molar-refractivity contribution in [1.82, 2.24) is 5.32 Å². The Balaban J connectivity index is 1.81. The van der Waals surface area contributed by atoms with Crippen molar-refractivity contribution in [2.45, 2.75) is 31.9 Å². The van der Waals surface area contributed by atoms with Gasteiger partial charge in [-0.15, -0.1) is 0 Å². The lowest BCUT2D eigenvalue weighted by atomic mass is 10.0. The van der Waals surface area contributed by atoms with E-state index in [9.17, 15) is 14.3 Å². The highest BCUT2D eigenvalue weighted by Crippen LogP contribution is 2.30. The molecule has 2 aromatic rings. The maximum absolute atomic E-state index is 13.9. The molecule has 0 unspecified atom stereocenters. The standard InChI is InChI=1S/C20H22ClFN2O2/c1-13(23-20(26)14-3-2-4-15(21)11-14)18-12-16(22)5-6-19(18)24-9-7-17(25)8-10-24/h2-6,11-13,17,25H,7-10H2,1H3,(H,23,26)/t13-/m1/s1. The van der Waals surface area contributed by atoms with Crippen molar-refractivity contribution in [3.8, 4) is 0 Å². The van der Waals surface area contributed by atoms with Crippen LogP contribution in [0.3, 0.4) is 0 Å². The number of aliphatic hydroxyl groups excluding tert-OH is 1. The van der Waals surface area contributed by atoms with Crippen LogP contribution in [-0.4, -0.2) is 30.2 Å². The first-order valence-corrected chi connectivity index (χ1v) is 9.10. The average molecular weight is 377 g/mol. The fraction of sp³-hybridized carbons (Fsp3) is 0.350. The van der Waals surface area contributed by atoms with Crippen LogP contribution in [0.15, 0.2) is 42.5 Å². The SMILES string of the molecule is C[C@@H](NC(=O)c1cccc(Cl)c1)c1cc(F)ccc1N1CCC(O)CC1. The summed E-state index contributed by atoms with van der Waals surface area (Å²) in [5, 5.41) is 13.1. The molecule has 6 heteroatoms. The quantitative estimate of drug-likeness (QED) is 0.850. The van der Waals surface area contributed by atoms with Crippen LogP contribution in [0.2, 0.25) is 5.02 Å². The van der Waals surface area contributed by atoms with Crippen LogP contribution >= 0.6 is 11.6 Å². The lowest BCUT2D eigenvalue weighted by Gasteiger charge is -2.34. The van der Waals surface area contributed by atoms with Gasteiger partial charge in [0.15, 0.2) is 0 Å². The predicted octanol–water partition coefficient (Wildman–Crippen LogP) is 3.93. The van der Waals surface area contributed by atoms with E-state index in [4.69, 9.17) is 11.6 Å². The van der Waals surface area contributed by atoms with E-state index in [-0.39, 0.29) is 23.9 Å². The van der Waals surface area contributed by atoms with Gasteiger partial charge >= 0.3 is 0 Å². The van der Waals surface area contributed by atoms with Gasteiger partial charge in [0.2, 0.25) is 0 Å². The molecule has 1 atom stereocenters. The predicted molar refractivity (Wildman–Crippen MR) is 101 cm³/mol. The van der Waals surface area contributed by atoms with E-state index in [0.29, 0.717) is 36.5 Å². The lowest BCUT2D eigenvalue weighted by molar-refractivity contribution is 0.0940. The number of anilines is 1. The molecule has 3 rings (SSSR count). The molecule has 1 fully saturated rings. The highest BCUT2D eigenvalue weighted by molar-refractivity contribution is 6.30. The van der Waals surface area contributed by atoms with E-state index in [0.717, 1.165) is 11.3 Å². The third kappa shape index (κ3) is 4.34. The van der Waals surface area contributed by atoms with Gasteiger partial charge in [-0.25, -0.2) is 4.39 Å². The van der Waals surface area contributed by atoms with Crippen LogP contribution in [0.1, 0.15) is 41.7 Å². The van der Waals surface area contributed by atoms with Gasteiger partial charge in [-0.2, -0.15) is 0 Å². The van der Waals surface area contributed by atoms with Gasteiger partial charge < -0.3 is 15.3 Å². The van der Waals surface area contributed by atoms with E-state index >= 15 is 0 Å². The van der Waals surface area contributed by atoms with Gasteiger partial charge in [0, 0.05) is 34.9 Å². The number of rotatable bonds is 4. The first-order valence-electron chi connectivity index (χ1n) is 8.73. The average Bonchev–Trinajstić information content (AvgIpc) is 2.62. The van der Waals surface area contributed by atoms with Crippen LogP contribution < -0.4 is 10.2 Å². The van der Waals surface area contributed by atoms with Crippen LogP contribution in [-0.2, 0) is 0 Å². The number of nitrogens with zero attached hydrogens (tertiary/aromatic N) is 1.